The van der Waals surface area contributed by atoms with E-state index in [1.807, 2.05) is 7.05 Å². The summed E-state index contributed by atoms with van der Waals surface area (Å²) >= 11 is 0. The van der Waals surface area contributed by atoms with Gasteiger partial charge in [0.05, 0.1) is 15.7 Å². The number of nitro groups is 1. The lowest BCUT2D eigenvalue weighted by Crippen LogP contribution is -2.35. The number of nitrogens with zero attached hydrogens (tertiary/aromatic N) is 1. The molecule has 1 aliphatic carbocycles. The van der Waals surface area contributed by atoms with E-state index in [0.717, 1.165) is 25.7 Å². The summed E-state index contributed by atoms with van der Waals surface area (Å²) in [4.78, 5) is 10.9. The molecule has 1 N–H and O–H groups in total. The molecular weight excluding hydrogens is 264 g/mol. The van der Waals surface area contributed by atoms with Crippen LogP contribution in [-0.4, -0.2) is 27.5 Å². The van der Waals surface area contributed by atoms with Crippen LogP contribution in [-0.2, 0) is 10.8 Å². The fraction of sp³-hybridized carbons (Fsp3) is 0.538. The van der Waals surface area contributed by atoms with Crippen molar-refractivity contribution >= 4 is 16.5 Å². The molecule has 3 atom stereocenters. The molecule has 1 aromatic carbocycles. The number of benzene rings is 1. The van der Waals surface area contributed by atoms with Gasteiger partial charge in [0.1, 0.15) is 4.90 Å². The van der Waals surface area contributed by atoms with Crippen molar-refractivity contribution in [2.45, 2.75) is 41.9 Å². The predicted molar refractivity (Wildman–Crippen MR) is 74.6 cm³/mol. The first kappa shape index (κ1) is 14.1. The maximum absolute atomic E-state index is 12.6. The van der Waals surface area contributed by atoms with Gasteiger partial charge in [0.2, 0.25) is 0 Å². The number of para-hydroxylation sites is 1. The summed E-state index contributed by atoms with van der Waals surface area (Å²) in [6.45, 7) is 0. The third-order valence-corrected chi connectivity index (χ3v) is 5.43. The first-order valence-electron chi connectivity index (χ1n) is 6.44. The molecule has 0 amide bonds. The fourth-order valence-corrected chi connectivity index (χ4v) is 4.27. The van der Waals surface area contributed by atoms with Gasteiger partial charge in [0.25, 0.3) is 5.69 Å². The van der Waals surface area contributed by atoms with Gasteiger partial charge in [-0.2, -0.15) is 0 Å². The van der Waals surface area contributed by atoms with Crippen LogP contribution in [0.3, 0.4) is 0 Å². The molecule has 0 aromatic heterocycles. The number of hydrogen-bond donors (Lipinski definition) is 1. The Hall–Kier alpha value is -1.27. The lowest BCUT2D eigenvalue weighted by molar-refractivity contribution is -0.387. The standard InChI is InChI=1S/C13H18N2O3S/c1-14-10-5-4-6-11(9-10)19(18)13-8-3-2-7-12(13)15(16)17/h2-3,7-8,10-11,14H,4-6,9H2,1H3. The van der Waals surface area contributed by atoms with Crippen molar-refractivity contribution in [1.29, 1.82) is 0 Å². The van der Waals surface area contributed by atoms with Gasteiger partial charge in [-0.15, -0.1) is 0 Å². The molecule has 19 heavy (non-hydrogen) atoms. The summed E-state index contributed by atoms with van der Waals surface area (Å²) in [7, 11) is 0.598. The predicted octanol–water partition coefficient (Wildman–Crippen LogP) is 2.23. The second-order valence-electron chi connectivity index (χ2n) is 4.80. The largest absolute Gasteiger partial charge is 0.317 e. The third kappa shape index (κ3) is 3.19. The van der Waals surface area contributed by atoms with Crippen molar-refractivity contribution in [2.75, 3.05) is 7.05 Å². The van der Waals surface area contributed by atoms with Crippen molar-refractivity contribution < 1.29 is 9.13 Å². The molecule has 1 aliphatic rings. The van der Waals surface area contributed by atoms with Gasteiger partial charge in [0.15, 0.2) is 0 Å². The van der Waals surface area contributed by atoms with Crippen molar-refractivity contribution in [2.24, 2.45) is 0 Å². The maximum atomic E-state index is 12.6. The maximum Gasteiger partial charge on any atom is 0.285 e. The summed E-state index contributed by atoms with van der Waals surface area (Å²) in [5, 5.41) is 14.2. The third-order valence-electron chi connectivity index (χ3n) is 3.62. The zero-order valence-electron chi connectivity index (χ0n) is 10.9. The molecule has 1 aromatic rings. The second kappa shape index (κ2) is 6.25. The van der Waals surface area contributed by atoms with E-state index in [-0.39, 0.29) is 10.9 Å². The average molecular weight is 282 g/mol. The van der Waals surface area contributed by atoms with E-state index in [1.54, 1.807) is 18.2 Å². The van der Waals surface area contributed by atoms with Gasteiger partial charge in [-0.25, -0.2) is 0 Å². The number of hydrogen-bond acceptors (Lipinski definition) is 4. The topological polar surface area (TPSA) is 72.2 Å². The highest BCUT2D eigenvalue weighted by atomic mass is 32.2. The molecule has 0 saturated heterocycles. The van der Waals surface area contributed by atoms with Gasteiger partial charge in [-0.3, -0.25) is 14.3 Å². The highest BCUT2D eigenvalue weighted by Gasteiger charge is 2.29. The Bertz CT molecular complexity index is 493. The van der Waals surface area contributed by atoms with Gasteiger partial charge in [-0.05, 0) is 32.4 Å². The summed E-state index contributed by atoms with van der Waals surface area (Å²) in [5.41, 5.74) is -0.0348. The minimum absolute atomic E-state index is 0.00676. The van der Waals surface area contributed by atoms with E-state index in [4.69, 9.17) is 0 Å². The van der Waals surface area contributed by atoms with Crippen LogP contribution in [0, 0.1) is 10.1 Å². The Morgan fingerprint density at radius 2 is 2.11 bits per heavy atom. The van der Waals surface area contributed by atoms with Crippen molar-refractivity contribution in [3.63, 3.8) is 0 Å². The molecule has 0 heterocycles. The average Bonchev–Trinajstić information content (AvgIpc) is 2.46. The van der Waals surface area contributed by atoms with Crippen LogP contribution < -0.4 is 5.32 Å². The van der Waals surface area contributed by atoms with Crippen molar-refractivity contribution in [3.05, 3.63) is 34.4 Å². The molecule has 1 fully saturated rings. The second-order valence-corrected chi connectivity index (χ2v) is 6.50. The molecule has 3 unspecified atom stereocenters. The zero-order chi connectivity index (χ0) is 13.8. The summed E-state index contributed by atoms with van der Waals surface area (Å²) in [5.74, 6) is 0. The SMILES string of the molecule is CNC1CCCC(S(=O)c2ccccc2[N+](=O)[O-])C1. The summed E-state index contributed by atoms with van der Waals surface area (Å²) in [6.07, 6.45) is 3.79. The van der Waals surface area contributed by atoms with Crippen LogP contribution in [0.2, 0.25) is 0 Å². The Balaban J connectivity index is 2.22. The van der Waals surface area contributed by atoms with Gasteiger partial charge in [-0.1, -0.05) is 18.6 Å². The highest BCUT2D eigenvalue weighted by Crippen LogP contribution is 2.30. The molecule has 0 aliphatic heterocycles. The fourth-order valence-electron chi connectivity index (χ4n) is 2.56. The van der Waals surface area contributed by atoms with Crippen molar-refractivity contribution in [1.82, 2.24) is 5.32 Å². The van der Waals surface area contributed by atoms with Crippen LogP contribution in [0.1, 0.15) is 25.7 Å². The monoisotopic (exact) mass is 282 g/mol. The molecule has 1 saturated carbocycles. The van der Waals surface area contributed by atoms with E-state index < -0.39 is 15.7 Å². The minimum atomic E-state index is -1.31. The molecular formula is C13H18N2O3S. The zero-order valence-corrected chi connectivity index (χ0v) is 11.7. The smallest absolute Gasteiger partial charge is 0.285 e. The molecule has 0 radical (unpaired) electrons. The van der Waals surface area contributed by atoms with Crippen LogP contribution >= 0.6 is 0 Å². The molecule has 0 spiro atoms. The van der Waals surface area contributed by atoms with Gasteiger partial charge in [0, 0.05) is 17.4 Å². The first-order chi connectivity index (χ1) is 9.13. The summed E-state index contributed by atoms with van der Waals surface area (Å²) < 4.78 is 12.6. The minimum Gasteiger partial charge on any atom is -0.317 e. The lowest BCUT2D eigenvalue weighted by Gasteiger charge is -2.28. The van der Waals surface area contributed by atoms with Crippen LogP contribution in [0.4, 0.5) is 5.69 Å². The Kier molecular flexibility index (Phi) is 4.66. The molecule has 5 nitrogen and oxygen atoms in total. The van der Waals surface area contributed by atoms with E-state index in [1.165, 1.54) is 6.07 Å². The van der Waals surface area contributed by atoms with E-state index in [9.17, 15) is 14.3 Å². The Morgan fingerprint density at radius 3 is 2.79 bits per heavy atom. The number of rotatable bonds is 4. The number of nitro benzene ring substituents is 1. The van der Waals surface area contributed by atoms with Gasteiger partial charge < -0.3 is 5.32 Å². The summed E-state index contributed by atoms with van der Waals surface area (Å²) in [6, 6.07) is 6.71. The molecule has 104 valence electrons. The Labute approximate surface area is 115 Å². The van der Waals surface area contributed by atoms with Gasteiger partial charge >= 0.3 is 0 Å². The van der Waals surface area contributed by atoms with Crippen LogP contribution in [0.25, 0.3) is 0 Å². The first-order valence-corrected chi connectivity index (χ1v) is 7.66. The molecule has 2 rings (SSSR count). The van der Waals surface area contributed by atoms with E-state index in [0.29, 0.717) is 10.9 Å². The Morgan fingerprint density at radius 1 is 1.37 bits per heavy atom. The van der Waals surface area contributed by atoms with Crippen LogP contribution in [0.15, 0.2) is 29.2 Å². The molecule has 6 heteroatoms. The highest BCUT2D eigenvalue weighted by molar-refractivity contribution is 7.85. The lowest BCUT2D eigenvalue weighted by atomic mass is 9.95. The van der Waals surface area contributed by atoms with Crippen molar-refractivity contribution in [3.8, 4) is 0 Å². The van der Waals surface area contributed by atoms with E-state index >= 15 is 0 Å². The van der Waals surface area contributed by atoms with Crippen LogP contribution in [0.5, 0.6) is 0 Å². The normalized spacial score (nSPS) is 24.9. The quantitative estimate of drug-likeness (QED) is 0.679. The number of nitrogens with one attached hydrogen (secondary N) is 1. The molecule has 0 bridgehead atoms. The van der Waals surface area contributed by atoms with E-state index in [2.05, 4.69) is 5.32 Å².